The summed E-state index contributed by atoms with van der Waals surface area (Å²) in [6.07, 6.45) is -0.380. The molecule has 168 valence electrons. The average Bonchev–Trinajstić information content (AvgIpc) is 3.27. The number of H-pyrrole nitrogens is 1. The number of nitrogens with one attached hydrogen (secondary N) is 1. The van der Waals surface area contributed by atoms with Crippen LogP contribution in [0.15, 0.2) is 60.7 Å². The Morgan fingerprint density at radius 2 is 1.88 bits per heavy atom. The number of ether oxygens (including phenoxy) is 1. The number of aromatic amines is 1. The van der Waals surface area contributed by atoms with Gasteiger partial charge in [-0.2, -0.15) is 0 Å². The number of hydrogen-bond acceptors (Lipinski definition) is 3. The lowest BCUT2D eigenvalue weighted by molar-refractivity contribution is -0.0249. The molecular weight excluding hydrogens is 424 g/mol. The summed E-state index contributed by atoms with van der Waals surface area (Å²) in [5, 5.41) is 1.03. The topological polar surface area (TPSA) is 58.2 Å². The standard InChI is InChI=1S/C26H23F2N3O2/c1-16-5-2-9-22-18(16)14-24(30-22)26(32)31-11-12-33-25(15-31)23-10-3-6-17(29-23)13-19-20(27)7-4-8-21(19)28/h2-10,14,25,30H,11-13,15H2,1H3/t25-/m1/s1. The molecule has 0 spiro atoms. The quantitative estimate of drug-likeness (QED) is 0.481. The second-order valence-corrected chi connectivity index (χ2v) is 8.26. The molecule has 1 amide bonds. The molecule has 1 saturated heterocycles. The van der Waals surface area contributed by atoms with E-state index in [1.165, 1.54) is 18.2 Å². The Kier molecular flexibility index (Phi) is 5.64. The van der Waals surface area contributed by atoms with Gasteiger partial charge in [-0.3, -0.25) is 9.78 Å². The molecule has 1 N–H and O–H groups in total. The molecule has 0 saturated carbocycles. The van der Waals surface area contributed by atoms with Gasteiger partial charge in [0.15, 0.2) is 0 Å². The van der Waals surface area contributed by atoms with Gasteiger partial charge in [0, 0.05) is 35.1 Å². The number of aromatic nitrogens is 2. The van der Waals surface area contributed by atoms with Crippen molar-refractivity contribution in [3.8, 4) is 0 Å². The summed E-state index contributed by atoms with van der Waals surface area (Å²) in [5.74, 6) is -1.29. The zero-order valence-electron chi connectivity index (χ0n) is 18.1. The van der Waals surface area contributed by atoms with Crippen LogP contribution >= 0.6 is 0 Å². The van der Waals surface area contributed by atoms with Gasteiger partial charge in [0.1, 0.15) is 23.4 Å². The highest BCUT2D eigenvalue weighted by atomic mass is 19.1. The number of halogens is 2. The lowest BCUT2D eigenvalue weighted by Gasteiger charge is -2.32. The Balaban J connectivity index is 1.35. The van der Waals surface area contributed by atoms with Crippen molar-refractivity contribution >= 4 is 16.8 Å². The first-order valence-electron chi connectivity index (χ1n) is 10.9. The van der Waals surface area contributed by atoms with Gasteiger partial charge in [-0.25, -0.2) is 8.78 Å². The van der Waals surface area contributed by atoms with Crippen LogP contribution in [-0.2, 0) is 11.2 Å². The van der Waals surface area contributed by atoms with E-state index >= 15 is 0 Å². The molecule has 7 heteroatoms. The molecule has 0 radical (unpaired) electrons. The zero-order chi connectivity index (χ0) is 22.9. The third kappa shape index (κ3) is 4.24. The molecule has 5 rings (SSSR count). The van der Waals surface area contributed by atoms with Gasteiger partial charge < -0.3 is 14.6 Å². The number of rotatable bonds is 4. The molecule has 5 nitrogen and oxygen atoms in total. The first-order valence-corrected chi connectivity index (χ1v) is 10.9. The normalized spacial score (nSPS) is 16.3. The minimum atomic E-state index is -0.596. The van der Waals surface area contributed by atoms with Crippen molar-refractivity contribution in [1.82, 2.24) is 14.9 Å². The van der Waals surface area contributed by atoms with Gasteiger partial charge in [-0.15, -0.1) is 0 Å². The minimum Gasteiger partial charge on any atom is -0.368 e. The summed E-state index contributed by atoms with van der Waals surface area (Å²) in [6.45, 7) is 3.21. The maximum Gasteiger partial charge on any atom is 0.270 e. The van der Waals surface area contributed by atoms with Crippen molar-refractivity contribution in [3.05, 3.63) is 101 Å². The van der Waals surface area contributed by atoms with Gasteiger partial charge in [0.2, 0.25) is 0 Å². The molecule has 2 aromatic carbocycles. The Hall–Kier alpha value is -3.58. The van der Waals surface area contributed by atoms with Crippen LogP contribution in [0.3, 0.4) is 0 Å². The monoisotopic (exact) mass is 447 g/mol. The van der Waals surface area contributed by atoms with Crippen molar-refractivity contribution < 1.29 is 18.3 Å². The highest BCUT2D eigenvalue weighted by molar-refractivity contribution is 5.98. The van der Waals surface area contributed by atoms with E-state index in [1.54, 1.807) is 17.0 Å². The summed E-state index contributed by atoms with van der Waals surface area (Å²) in [7, 11) is 0. The number of hydrogen-bond donors (Lipinski definition) is 1. The lowest BCUT2D eigenvalue weighted by Crippen LogP contribution is -2.42. The van der Waals surface area contributed by atoms with Crippen LogP contribution in [0.25, 0.3) is 10.9 Å². The fourth-order valence-corrected chi connectivity index (χ4v) is 4.26. The largest absolute Gasteiger partial charge is 0.368 e. The van der Waals surface area contributed by atoms with E-state index in [2.05, 4.69) is 9.97 Å². The third-order valence-corrected chi connectivity index (χ3v) is 6.04. The molecule has 0 unspecified atom stereocenters. The fraction of sp³-hybridized carbons (Fsp3) is 0.231. The molecule has 33 heavy (non-hydrogen) atoms. The van der Waals surface area contributed by atoms with Crippen LogP contribution in [0.5, 0.6) is 0 Å². The van der Waals surface area contributed by atoms with Crippen LogP contribution in [0.4, 0.5) is 8.78 Å². The maximum atomic E-state index is 14.1. The van der Waals surface area contributed by atoms with Gasteiger partial charge in [-0.1, -0.05) is 24.3 Å². The number of benzene rings is 2. The average molecular weight is 447 g/mol. The number of carbonyl (C=O) groups is 1. The van der Waals surface area contributed by atoms with Crippen molar-refractivity contribution in [3.63, 3.8) is 0 Å². The predicted molar refractivity (Wildman–Crippen MR) is 121 cm³/mol. The van der Waals surface area contributed by atoms with Crippen LogP contribution in [-0.4, -0.2) is 40.5 Å². The van der Waals surface area contributed by atoms with Crippen molar-refractivity contribution in [1.29, 1.82) is 0 Å². The Morgan fingerprint density at radius 1 is 1.12 bits per heavy atom. The summed E-state index contributed by atoms with van der Waals surface area (Å²) in [4.78, 5) is 22.7. The van der Waals surface area contributed by atoms with Gasteiger partial charge in [-0.05, 0) is 48.9 Å². The molecule has 1 aliphatic rings. The van der Waals surface area contributed by atoms with Crippen molar-refractivity contribution in [2.24, 2.45) is 0 Å². The van der Waals surface area contributed by atoms with E-state index in [9.17, 15) is 13.6 Å². The van der Waals surface area contributed by atoms with Crippen molar-refractivity contribution in [2.75, 3.05) is 19.7 Å². The van der Waals surface area contributed by atoms with Crippen LogP contribution < -0.4 is 0 Å². The van der Waals surface area contributed by atoms with Gasteiger partial charge >= 0.3 is 0 Å². The summed E-state index contributed by atoms with van der Waals surface area (Å²) in [6, 6.07) is 17.0. The number of aryl methyl sites for hydroxylation is 1. The molecule has 1 aliphatic heterocycles. The molecule has 3 heterocycles. The van der Waals surface area contributed by atoms with E-state index < -0.39 is 17.7 Å². The molecule has 1 atom stereocenters. The van der Waals surface area contributed by atoms with Gasteiger partial charge in [0.25, 0.3) is 5.91 Å². The Bertz CT molecular complexity index is 1310. The number of pyridine rings is 1. The first kappa shape index (κ1) is 21.3. The third-order valence-electron chi connectivity index (χ3n) is 6.04. The van der Waals surface area contributed by atoms with Crippen LogP contribution in [0.1, 0.15) is 39.1 Å². The smallest absolute Gasteiger partial charge is 0.270 e. The number of nitrogens with zero attached hydrogens (tertiary/aromatic N) is 2. The summed E-state index contributed by atoms with van der Waals surface area (Å²) < 4.78 is 34.0. The number of fused-ring (bicyclic) bond motifs is 1. The first-order chi connectivity index (χ1) is 16.0. The number of amides is 1. The fourth-order valence-electron chi connectivity index (χ4n) is 4.26. The predicted octanol–water partition coefficient (Wildman–Crippen LogP) is 4.95. The van der Waals surface area contributed by atoms with E-state index in [1.807, 2.05) is 37.3 Å². The molecule has 0 bridgehead atoms. The zero-order valence-corrected chi connectivity index (χ0v) is 18.1. The molecule has 2 aromatic heterocycles. The highest BCUT2D eigenvalue weighted by Gasteiger charge is 2.28. The van der Waals surface area contributed by atoms with E-state index in [0.717, 1.165) is 16.5 Å². The van der Waals surface area contributed by atoms with Crippen LogP contribution in [0.2, 0.25) is 0 Å². The lowest BCUT2D eigenvalue weighted by atomic mass is 10.1. The Morgan fingerprint density at radius 3 is 2.67 bits per heavy atom. The number of morpholine rings is 1. The van der Waals surface area contributed by atoms with E-state index in [4.69, 9.17) is 4.74 Å². The molecular formula is C26H23F2N3O2. The second kappa shape index (κ2) is 8.75. The molecule has 4 aromatic rings. The Labute approximate surface area is 190 Å². The molecule has 1 fully saturated rings. The summed E-state index contributed by atoms with van der Waals surface area (Å²) >= 11 is 0. The second-order valence-electron chi connectivity index (χ2n) is 8.26. The van der Waals surface area contributed by atoms with Crippen molar-refractivity contribution in [2.45, 2.75) is 19.4 Å². The van der Waals surface area contributed by atoms with E-state index in [0.29, 0.717) is 36.8 Å². The maximum absolute atomic E-state index is 14.1. The van der Waals surface area contributed by atoms with Gasteiger partial charge in [0.05, 0.1) is 18.8 Å². The van der Waals surface area contributed by atoms with Crippen LogP contribution in [0, 0.1) is 18.6 Å². The SMILES string of the molecule is Cc1cccc2[nH]c(C(=O)N3CCO[C@@H](c4cccc(Cc5c(F)cccc5F)n4)C3)cc12. The van der Waals surface area contributed by atoms with E-state index in [-0.39, 0.29) is 17.9 Å². The minimum absolute atomic E-state index is 0.0161. The highest BCUT2D eigenvalue weighted by Crippen LogP contribution is 2.25. The summed E-state index contributed by atoms with van der Waals surface area (Å²) in [5.41, 5.74) is 3.73. The number of carbonyl (C=O) groups excluding carboxylic acids is 1. The molecule has 0 aliphatic carbocycles.